The summed E-state index contributed by atoms with van der Waals surface area (Å²) in [6.07, 6.45) is 1.04. The molecule has 19 heavy (non-hydrogen) atoms. The maximum absolute atomic E-state index is 11.3. The van der Waals surface area contributed by atoms with Crippen LogP contribution in [0.4, 0.5) is 11.4 Å². The predicted molar refractivity (Wildman–Crippen MR) is 73.3 cm³/mol. The molecule has 2 aromatic rings. The zero-order chi connectivity index (χ0) is 14.0. The number of benzene rings is 1. The summed E-state index contributed by atoms with van der Waals surface area (Å²) in [5, 5.41) is 21.2. The third kappa shape index (κ3) is 2.63. The van der Waals surface area contributed by atoms with Gasteiger partial charge in [0, 0.05) is 19.8 Å². The molecule has 1 aromatic heterocycles. The van der Waals surface area contributed by atoms with Gasteiger partial charge in [-0.15, -0.1) is 0 Å². The molecule has 2 rings (SSSR count). The molecule has 1 N–H and O–H groups in total. The van der Waals surface area contributed by atoms with Crippen LogP contribution in [-0.4, -0.2) is 34.7 Å². The Bertz CT molecular complexity index is 613. The van der Waals surface area contributed by atoms with E-state index >= 15 is 0 Å². The van der Waals surface area contributed by atoms with Crippen LogP contribution in [0, 0.1) is 10.1 Å². The van der Waals surface area contributed by atoms with Crippen LogP contribution in [0.25, 0.3) is 10.9 Å². The SMILES string of the molecule is CC(O)CN(C)c1ccc2ncccc2c1[N+](=O)[O-]. The van der Waals surface area contributed by atoms with Gasteiger partial charge < -0.3 is 10.0 Å². The van der Waals surface area contributed by atoms with E-state index in [-0.39, 0.29) is 5.69 Å². The molecule has 100 valence electrons. The van der Waals surface area contributed by atoms with Crippen molar-refractivity contribution in [3.63, 3.8) is 0 Å². The average Bonchev–Trinajstić information content (AvgIpc) is 2.36. The summed E-state index contributed by atoms with van der Waals surface area (Å²) >= 11 is 0. The smallest absolute Gasteiger partial charge is 0.301 e. The van der Waals surface area contributed by atoms with E-state index in [1.165, 1.54) is 0 Å². The highest BCUT2D eigenvalue weighted by atomic mass is 16.6. The van der Waals surface area contributed by atoms with Crippen LogP contribution in [-0.2, 0) is 0 Å². The van der Waals surface area contributed by atoms with Gasteiger partial charge in [-0.1, -0.05) is 0 Å². The number of likely N-dealkylation sites (N-methyl/N-ethyl adjacent to an activating group) is 1. The van der Waals surface area contributed by atoms with Gasteiger partial charge in [0.2, 0.25) is 0 Å². The van der Waals surface area contributed by atoms with E-state index in [1.54, 1.807) is 49.3 Å². The van der Waals surface area contributed by atoms with Crippen molar-refractivity contribution in [3.8, 4) is 0 Å². The number of rotatable bonds is 4. The number of nitrogens with zero attached hydrogens (tertiary/aromatic N) is 3. The monoisotopic (exact) mass is 261 g/mol. The Morgan fingerprint density at radius 1 is 1.47 bits per heavy atom. The first-order chi connectivity index (χ1) is 9.00. The first kappa shape index (κ1) is 13.2. The number of pyridine rings is 1. The van der Waals surface area contributed by atoms with E-state index in [1.807, 2.05) is 0 Å². The molecule has 6 heteroatoms. The van der Waals surface area contributed by atoms with E-state index in [9.17, 15) is 15.2 Å². The second kappa shape index (κ2) is 5.19. The number of fused-ring (bicyclic) bond motifs is 1. The highest BCUT2D eigenvalue weighted by molar-refractivity contribution is 5.94. The second-order valence-electron chi connectivity index (χ2n) is 4.49. The Labute approximate surface area is 110 Å². The molecule has 0 spiro atoms. The van der Waals surface area contributed by atoms with Crippen LogP contribution in [0.15, 0.2) is 30.5 Å². The first-order valence-electron chi connectivity index (χ1n) is 5.92. The fourth-order valence-electron chi connectivity index (χ4n) is 2.12. The van der Waals surface area contributed by atoms with Gasteiger partial charge in [0.05, 0.1) is 21.9 Å². The van der Waals surface area contributed by atoms with Crippen LogP contribution in [0.5, 0.6) is 0 Å². The van der Waals surface area contributed by atoms with E-state index in [2.05, 4.69) is 4.98 Å². The summed E-state index contributed by atoms with van der Waals surface area (Å²) in [6, 6.07) is 6.76. The highest BCUT2D eigenvalue weighted by Crippen LogP contribution is 2.34. The van der Waals surface area contributed by atoms with Crippen molar-refractivity contribution in [2.75, 3.05) is 18.5 Å². The predicted octanol–water partition coefficient (Wildman–Crippen LogP) is 1.96. The molecule has 0 saturated carbocycles. The maximum atomic E-state index is 11.3. The lowest BCUT2D eigenvalue weighted by Crippen LogP contribution is -2.27. The van der Waals surface area contributed by atoms with Crippen molar-refractivity contribution in [1.82, 2.24) is 4.98 Å². The van der Waals surface area contributed by atoms with E-state index in [4.69, 9.17) is 0 Å². The highest BCUT2D eigenvalue weighted by Gasteiger charge is 2.21. The summed E-state index contributed by atoms with van der Waals surface area (Å²) in [7, 11) is 1.72. The Balaban J connectivity index is 2.61. The number of aromatic nitrogens is 1. The van der Waals surface area contributed by atoms with Crippen molar-refractivity contribution in [3.05, 3.63) is 40.6 Å². The zero-order valence-electron chi connectivity index (χ0n) is 10.8. The number of anilines is 1. The van der Waals surface area contributed by atoms with Gasteiger partial charge in [0.1, 0.15) is 5.69 Å². The van der Waals surface area contributed by atoms with Gasteiger partial charge in [-0.05, 0) is 31.2 Å². The topological polar surface area (TPSA) is 79.5 Å². The van der Waals surface area contributed by atoms with E-state index in [0.717, 1.165) is 0 Å². The molecule has 1 atom stereocenters. The van der Waals surface area contributed by atoms with Crippen LogP contribution in [0.1, 0.15) is 6.92 Å². The molecule has 0 amide bonds. The zero-order valence-corrected chi connectivity index (χ0v) is 10.8. The Morgan fingerprint density at radius 3 is 2.84 bits per heavy atom. The van der Waals surface area contributed by atoms with Crippen molar-refractivity contribution in [2.45, 2.75) is 13.0 Å². The number of aliphatic hydroxyl groups is 1. The van der Waals surface area contributed by atoms with Crippen LogP contribution < -0.4 is 4.90 Å². The second-order valence-corrected chi connectivity index (χ2v) is 4.49. The third-order valence-corrected chi connectivity index (χ3v) is 2.87. The molecule has 1 heterocycles. The average molecular weight is 261 g/mol. The van der Waals surface area contributed by atoms with Crippen LogP contribution >= 0.6 is 0 Å². The molecule has 0 radical (unpaired) electrons. The van der Waals surface area contributed by atoms with Gasteiger partial charge in [0.25, 0.3) is 0 Å². The summed E-state index contributed by atoms with van der Waals surface area (Å²) in [4.78, 5) is 16.7. The molecule has 0 aliphatic rings. The molecule has 1 unspecified atom stereocenters. The third-order valence-electron chi connectivity index (χ3n) is 2.87. The van der Waals surface area contributed by atoms with Crippen molar-refractivity contribution in [1.29, 1.82) is 0 Å². The first-order valence-corrected chi connectivity index (χ1v) is 5.92. The van der Waals surface area contributed by atoms with Gasteiger partial charge in [-0.3, -0.25) is 15.1 Å². The molecule has 0 aliphatic heterocycles. The molecule has 0 saturated heterocycles. The van der Waals surface area contributed by atoms with Gasteiger partial charge in [-0.25, -0.2) is 0 Å². The fourth-order valence-corrected chi connectivity index (χ4v) is 2.12. The number of hydrogen-bond acceptors (Lipinski definition) is 5. The standard InChI is InChI=1S/C13H15N3O3/c1-9(17)8-15(2)12-6-5-11-10(4-3-7-14-11)13(12)16(18)19/h3-7,9,17H,8H2,1-2H3. The number of aliphatic hydroxyl groups excluding tert-OH is 1. The molecule has 6 nitrogen and oxygen atoms in total. The Hall–Kier alpha value is -2.21. The van der Waals surface area contributed by atoms with E-state index < -0.39 is 11.0 Å². The number of hydrogen-bond donors (Lipinski definition) is 1. The molecular formula is C13H15N3O3. The molecular weight excluding hydrogens is 246 g/mol. The van der Waals surface area contributed by atoms with Crippen molar-refractivity contribution >= 4 is 22.3 Å². The van der Waals surface area contributed by atoms with Crippen LogP contribution in [0.2, 0.25) is 0 Å². The molecule has 1 aromatic carbocycles. The minimum Gasteiger partial charge on any atom is -0.392 e. The van der Waals surface area contributed by atoms with Crippen molar-refractivity contribution in [2.24, 2.45) is 0 Å². The largest absolute Gasteiger partial charge is 0.392 e. The minimum atomic E-state index is -0.561. The molecule has 0 fully saturated rings. The van der Waals surface area contributed by atoms with Gasteiger partial charge >= 0.3 is 5.69 Å². The fraction of sp³-hybridized carbons (Fsp3) is 0.308. The van der Waals surface area contributed by atoms with Crippen molar-refractivity contribution < 1.29 is 10.0 Å². The lowest BCUT2D eigenvalue weighted by molar-refractivity contribution is -0.382. The summed E-state index contributed by atoms with van der Waals surface area (Å²) in [5.74, 6) is 0. The van der Waals surface area contributed by atoms with Gasteiger partial charge in [0.15, 0.2) is 0 Å². The quantitative estimate of drug-likeness (QED) is 0.672. The maximum Gasteiger partial charge on any atom is 0.301 e. The van der Waals surface area contributed by atoms with Gasteiger partial charge in [-0.2, -0.15) is 0 Å². The number of nitro benzene ring substituents is 1. The normalized spacial score (nSPS) is 12.4. The minimum absolute atomic E-state index is 0.0220. The summed E-state index contributed by atoms with van der Waals surface area (Å²) in [5.41, 5.74) is 1.09. The van der Waals surface area contributed by atoms with E-state index in [0.29, 0.717) is 23.1 Å². The Morgan fingerprint density at radius 2 is 2.21 bits per heavy atom. The lowest BCUT2D eigenvalue weighted by Gasteiger charge is -2.21. The molecule has 0 aliphatic carbocycles. The van der Waals surface area contributed by atoms with Crippen LogP contribution in [0.3, 0.4) is 0 Å². The summed E-state index contributed by atoms with van der Waals surface area (Å²) < 4.78 is 0. The molecule has 0 bridgehead atoms. The summed E-state index contributed by atoms with van der Waals surface area (Å²) in [6.45, 7) is 1.97. The Kier molecular flexibility index (Phi) is 3.62. The lowest BCUT2D eigenvalue weighted by atomic mass is 10.1. The number of nitro groups is 1.